The van der Waals surface area contributed by atoms with E-state index in [-0.39, 0.29) is 36.2 Å². The third-order valence-electron chi connectivity index (χ3n) is 3.22. The van der Waals surface area contributed by atoms with E-state index in [1.54, 1.807) is 0 Å². The molecule has 26 heavy (non-hydrogen) atoms. The van der Waals surface area contributed by atoms with E-state index in [9.17, 15) is 22.4 Å². The Morgan fingerprint density at radius 3 is 2.69 bits per heavy atom. The number of anilines is 1. The molecule has 0 saturated carbocycles. The first-order chi connectivity index (χ1) is 12.3. The second-order valence-electron chi connectivity index (χ2n) is 4.88. The van der Waals surface area contributed by atoms with Crippen molar-refractivity contribution in [3.63, 3.8) is 0 Å². The van der Waals surface area contributed by atoms with Crippen LogP contribution in [0.15, 0.2) is 32.1 Å². The fraction of sp³-hybridized carbons (Fsp3) is 0.231. The molecule has 3 aromatic rings. The number of benzene rings is 1. The van der Waals surface area contributed by atoms with Crippen LogP contribution in [0.1, 0.15) is 5.56 Å². The number of halogens is 4. The van der Waals surface area contributed by atoms with Gasteiger partial charge in [0.05, 0.1) is 17.9 Å². The zero-order valence-corrected chi connectivity index (χ0v) is 12.6. The van der Waals surface area contributed by atoms with Crippen molar-refractivity contribution in [1.29, 1.82) is 0 Å². The summed E-state index contributed by atoms with van der Waals surface area (Å²) in [5.74, 6) is -2.98. The van der Waals surface area contributed by atoms with E-state index in [0.29, 0.717) is 16.7 Å². The standard InChI is InChI=1S/C13H9F4N5O4/c14-8-2-1-6(5-7(8)13(15,16)17)22-11(21-25-12(22)24)9-10(18-3-4-23)20-26-19-9/h1-2,5,23H,3-4H2,(H,18,20). The van der Waals surface area contributed by atoms with Crippen molar-refractivity contribution in [2.45, 2.75) is 6.18 Å². The number of aliphatic hydroxyl groups is 1. The summed E-state index contributed by atoms with van der Waals surface area (Å²) in [4.78, 5) is 11.9. The Morgan fingerprint density at radius 2 is 2.00 bits per heavy atom. The minimum Gasteiger partial charge on any atom is -0.395 e. The van der Waals surface area contributed by atoms with Crippen molar-refractivity contribution in [2.75, 3.05) is 18.5 Å². The van der Waals surface area contributed by atoms with Gasteiger partial charge in [0.2, 0.25) is 11.6 Å². The molecular formula is C13H9F4N5O4. The molecule has 13 heteroatoms. The Labute approximate surface area is 140 Å². The smallest absolute Gasteiger partial charge is 0.395 e. The van der Waals surface area contributed by atoms with Crippen LogP contribution in [0.25, 0.3) is 17.2 Å². The first kappa shape index (κ1) is 17.6. The minimum absolute atomic E-state index is 0.0285. The molecule has 0 radical (unpaired) electrons. The summed E-state index contributed by atoms with van der Waals surface area (Å²) in [6, 6.07) is 1.94. The van der Waals surface area contributed by atoms with Gasteiger partial charge in [0.1, 0.15) is 5.82 Å². The van der Waals surface area contributed by atoms with Crippen LogP contribution in [-0.2, 0) is 6.18 Å². The van der Waals surface area contributed by atoms with E-state index in [1.165, 1.54) is 0 Å². The van der Waals surface area contributed by atoms with Crippen LogP contribution in [0, 0.1) is 5.82 Å². The van der Waals surface area contributed by atoms with Crippen LogP contribution in [0.4, 0.5) is 23.4 Å². The molecule has 2 aromatic heterocycles. The zero-order chi connectivity index (χ0) is 18.9. The number of nitrogens with zero attached hydrogens (tertiary/aromatic N) is 4. The number of aromatic nitrogens is 4. The monoisotopic (exact) mass is 375 g/mol. The molecule has 0 fully saturated rings. The van der Waals surface area contributed by atoms with Crippen molar-refractivity contribution in [3.05, 3.63) is 40.1 Å². The lowest BCUT2D eigenvalue weighted by Crippen LogP contribution is -2.16. The van der Waals surface area contributed by atoms with Gasteiger partial charge < -0.3 is 10.4 Å². The fourth-order valence-corrected chi connectivity index (χ4v) is 2.12. The van der Waals surface area contributed by atoms with Crippen LogP contribution in [0.3, 0.4) is 0 Å². The van der Waals surface area contributed by atoms with E-state index in [4.69, 9.17) is 5.11 Å². The highest BCUT2D eigenvalue weighted by molar-refractivity contribution is 5.66. The fourth-order valence-electron chi connectivity index (χ4n) is 2.12. The molecule has 3 rings (SSSR count). The topological polar surface area (TPSA) is 119 Å². The molecule has 0 amide bonds. The van der Waals surface area contributed by atoms with Crippen molar-refractivity contribution in [2.24, 2.45) is 0 Å². The molecule has 0 aliphatic rings. The van der Waals surface area contributed by atoms with E-state index in [2.05, 4.69) is 29.9 Å². The van der Waals surface area contributed by atoms with E-state index < -0.39 is 23.3 Å². The van der Waals surface area contributed by atoms with Gasteiger partial charge in [-0.05, 0) is 28.5 Å². The summed E-state index contributed by atoms with van der Waals surface area (Å²) in [6.45, 7) is -0.205. The summed E-state index contributed by atoms with van der Waals surface area (Å²) in [7, 11) is 0. The van der Waals surface area contributed by atoms with Gasteiger partial charge in [0.25, 0.3) is 0 Å². The van der Waals surface area contributed by atoms with Gasteiger partial charge in [-0.15, -0.1) is 0 Å². The Kier molecular flexibility index (Phi) is 4.46. The summed E-state index contributed by atoms with van der Waals surface area (Å²) in [5.41, 5.74) is -2.07. The molecule has 0 atom stereocenters. The second-order valence-corrected chi connectivity index (χ2v) is 4.88. The third-order valence-corrected chi connectivity index (χ3v) is 3.22. The van der Waals surface area contributed by atoms with Crippen molar-refractivity contribution >= 4 is 5.82 Å². The highest BCUT2D eigenvalue weighted by Gasteiger charge is 2.35. The molecule has 0 spiro atoms. The number of nitrogens with one attached hydrogen (secondary N) is 1. The molecule has 0 unspecified atom stereocenters. The number of hydrogen-bond donors (Lipinski definition) is 2. The molecule has 1 aromatic carbocycles. The summed E-state index contributed by atoms with van der Waals surface area (Å²) >= 11 is 0. The van der Waals surface area contributed by atoms with Crippen LogP contribution < -0.4 is 11.1 Å². The zero-order valence-electron chi connectivity index (χ0n) is 12.6. The lowest BCUT2D eigenvalue weighted by atomic mass is 10.1. The van der Waals surface area contributed by atoms with E-state index in [0.717, 1.165) is 6.07 Å². The molecule has 0 bridgehead atoms. The number of rotatable bonds is 5. The minimum atomic E-state index is -4.97. The van der Waals surface area contributed by atoms with Crippen molar-refractivity contribution in [1.82, 2.24) is 20.0 Å². The van der Waals surface area contributed by atoms with Gasteiger partial charge in [0.15, 0.2) is 5.69 Å². The predicted octanol–water partition coefficient (Wildman–Crippen LogP) is 1.44. The molecule has 0 aliphatic heterocycles. The molecule has 0 saturated heterocycles. The molecule has 2 heterocycles. The van der Waals surface area contributed by atoms with Gasteiger partial charge in [-0.2, -0.15) is 13.2 Å². The van der Waals surface area contributed by atoms with Crippen LogP contribution in [0.5, 0.6) is 0 Å². The summed E-state index contributed by atoms with van der Waals surface area (Å²) < 4.78 is 61.8. The third kappa shape index (κ3) is 3.15. The maximum absolute atomic E-state index is 13.5. The van der Waals surface area contributed by atoms with Gasteiger partial charge in [-0.1, -0.05) is 5.16 Å². The second kappa shape index (κ2) is 6.59. The SMILES string of the molecule is O=c1onc(-c2nonc2NCCO)n1-c1ccc(F)c(C(F)(F)F)c1. The van der Waals surface area contributed by atoms with Crippen molar-refractivity contribution in [3.8, 4) is 17.2 Å². The number of alkyl halides is 3. The highest BCUT2D eigenvalue weighted by Crippen LogP contribution is 2.33. The molecular weight excluding hydrogens is 366 g/mol. The van der Waals surface area contributed by atoms with Gasteiger partial charge in [-0.25, -0.2) is 18.4 Å². The molecule has 0 aliphatic carbocycles. The lowest BCUT2D eigenvalue weighted by Gasteiger charge is -2.10. The maximum atomic E-state index is 13.5. The Bertz CT molecular complexity index is 978. The highest BCUT2D eigenvalue weighted by atomic mass is 19.4. The Balaban J connectivity index is 2.14. The average molecular weight is 375 g/mol. The normalized spacial score (nSPS) is 11.7. The van der Waals surface area contributed by atoms with E-state index in [1.807, 2.05) is 0 Å². The predicted molar refractivity (Wildman–Crippen MR) is 75.9 cm³/mol. The molecule has 138 valence electrons. The van der Waals surface area contributed by atoms with Gasteiger partial charge in [-0.3, -0.25) is 4.52 Å². The quantitative estimate of drug-likeness (QED) is 0.643. The number of hydrogen-bond acceptors (Lipinski definition) is 8. The van der Waals surface area contributed by atoms with Crippen LogP contribution in [0.2, 0.25) is 0 Å². The van der Waals surface area contributed by atoms with Crippen LogP contribution in [-0.4, -0.2) is 38.3 Å². The lowest BCUT2D eigenvalue weighted by molar-refractivity contribution is -0.140. The average Bonchev–Trinajstić information content (AvgIpc) is 3.18. The molecule has 2 N–H and O–H groups in total. The van der Waals surface area contributed by atoms with E-state index >= 15 is 0 Å². The largest absolute Gasteiger partial charge is 0.446 e. The van der Waals surface area contributed by atoms with Gasteiger partial charge in [0, 0.05) is 6.54 Å². The first-order valence-electron chi connectivity index (χ1n) is 6.96. The van der Waals surface area contributed by atoms with Crippen LogP contribution >= 0.6 is 0 Å². The number of aliphatic hydroxyl groups excluding tert-OH is 1. The first-order valence-corrected chi connectivity index (χ1v) is 6.96. The maximum Gasteiger partial charge on any atom is 0.446 e. The molecule has 9 nitrogen and oxygen atoms in total. The Hall–Kier alpha value is -3.22. The van der Waals surface area contributed by atoms with Gasteiger partial charge >= 0.3 is 11.9 Å². The summed E-state index contributed by atoms with van der Waals surface area (Å²) in [5, 5.41) is 21.9. The summed E-state index contributed by atoms with van der Waals surface area (Å²) in [6.07, 6.45) is -4.97. The van der Waals surface area contributed by atoms with Crippen molar-refractivity contribution < 1.29 is 31.8 Å². The Morgan fingerprint density at radius 1 is 1.23 bits per heavy atom.